The van der Waals surface area contributed by atoms with E-state index < -0.39 is 11.9 Å². The largest absolute Gasteiger partial charge is 0.543 e. The van der Waals surface area contributed by atoms with E-state index in [1.807, 2.05) is 0 Å². The number of carbonyl (C=O) groups excluding carboxylic acids is 2. The molecule has 38 heavy (non-hydrogen) atoms. The summed E-state index contributed by atoms with van der Waals surface area (Å²) < 4.78 is 0. The fraction of sp³-hybridized carbons (Fsp3) is 0.938. The number of carbonyl (C=O) groups is 2. The van der Waals surface area contributed by atoms with Gasteiger partial charge in [0.1, 0.15) is 0 Å². The molecule has 0 rings (SSSR count). The Bertz CT molecular complexity index is 379. The Balaban J connectivity index is -0.000000532. The first-order valence-electron chi connectivity index (χ1n) is 16.5. The molecular weight excluding hydrogens is 476 g/mol. The molecule has 6 heteroatoms. The minimum Gasteiger partial charge on any atom is -0.543 e. The first-order valence-corrected chi connectivity index (χ1v) is 16.5. The van der Waals surface area contributed by atoms with E-state index in [9.17, 15) is 0 Å². The number of hydrogen-bond acceptors (Lipinski definition) is 4. The van der Waals surface area contributed by atoms with Crippen LogP contribution in [0.5, 0.6) is 0 Å². The highest BCUT2D eigenvalue weighted by molar-refractivity contribution is 6.25. The minimum absolute atomic E-state index is 1.32. The van der Waals surface area contributed by atoms with Gasteiger partial charge in [-0.1, -0.05) is 142 Å². The van der Waals surface area contributed by atoms with Crippen LogP contribution in [-0.2, 0) is 9.59 Å². The summed E-state index contributed by atoms with van der Waals surface area (Å²) in [6.07, 6.45) is 34.9. The van der Waals surface area contributed by atoms with Gasteiger partial charge in [0, 0.05) is 0 Å². The number of carboxylic acids is 2. The fourth-order valence-electron chi connectivity index (χ4n) is 4.38. The highest BCUT2D eigenvalue weighted by atomic mass is 16.4. The molecule has 0 saturated heterocycles. The number of unbranched alkanes of at least 4 members (excludes halogenated alkanes) is 22. The maximum Gasteiger partial charge on any atom is 0.0870 e. The number of quaternary nitrogens is 2. The van der Waals surface area contributed by atoms with Crippen molar-refractivity contribution in [3.63, 3.8) is 0 Å². The van der Waals surface area contributed by atoms with Crippen LogP contribution in [0.1, 0.15) is 168 Å². The van der Waals surface area contributed by atoms with Crippen LogP contribution in [-0.4, -0.2) is 39.1 Å². The number of carboxylic acid groups (broad SMARTS) is 2. The zero-order valence-electron chi connectivity index (χ0n) is 26.2. The summed E-state index contributed by atoms with van der Waals surface area (Å²) in [6.45, 7) is 7.21. The fourth-order valence-corrected chi connectivity index (χ4v) is 4.38. The van der Waals surface area contributed by atoms with E-state index in [0.29, 0.717) is 0 Å². The van der Waals surface area contributed by atoms with E-state index >= 15 is 0 Å². The Morgan fingerprint density at radius 3 is 0.737 bits per heavy atom. The Morgan fingerprint density at radius 2 is 0.579 bits per heavy atom. The van der Waals surface area contributed by atoms with E-state index in [2.05, 4.69) is 38.6 Å². The number of hydrogen-bond donors (Lipinski definition) is 2. The Kier molecular flexibility index (Phi) is 43.9. The van der Waals surface area contributed by atoms with Crippen LogP contribution in [0.3, 0.4) is 0 Å². The van der Waals surface area contributed by atoms with Crippen molar-refractivity contribution < 1.29 is 30.4 Å². The van der Waals surface area contributed by atoms with Gasteiger partial charge in [0.25, 0.3) is 0 Å². The molecule has 0 fully saturated rings. The lowest BCUT2D eigenvalue weighted by atomic mass is 10.1. The predicted octanol–water partition coefficient (Wildman–Crippen LogP) is 4.25. The lowest BCUT2D eigenvalue weighted by molar-refractivity contribution is -0.627. The molecular formula is C32H68N2O4. The molecule has 0 aliphatic heterocycles. The molecule has 6 nitrogen and oxygen atoms in total. The third-order valence-electron chi connectivity index (χ3n) is 6.86. The van der Waals surface area contributed by atoms with Crippen molar-refractivity contribution >= 4 is 11.9 Å². The molecule has 0 amide bonds. The normalized spacial score (nSPS) is 10.3. The van der Waals surface area contributed by atoms with E-state index in [0.717, 1.165) is 0 Å². The summed E-state index contributed by atoms with van der Waals surface area (Å²) in [7, 11) is 4.33. The molecule has 0 heterocycles. The monoisotopic (exact) mass is 545 g/mol. The molecule has 0 radical (unpaired) electrons. The lowest BCUT2D eigenvalue weighted by Crippen LogP contribution is -2.79. The smallest absolute Gasteiger partial charge is 0.0870 e. The van der Waals surface area contributed by atoms with E-state index in [4.69, 9.17) is 19.8 Å². The van der Waals surface area contributed by atoms with Crippen LogP contribution >= 0.6 is 0 Å². The van der Waals surface area contributed by atoms with Crippen molar-refractivity contribution in [2.75, 3.05) is 27.2 Å². The Hall–Kier alpha value is -1.14. The van der Waals surface area contributed by atoms with E-state index in [1.54, 1.807) is 0 Å². The third kappa shape index (κ3) is 48.0. The van der Waals surface area contributed by atoms with Crippen molar-refractivity contribution in [1.82, 2.24) is 0 Å². The second-order valence-corrected chi connectivity index (χ2v) is 10.7. The summed E-state index contributed by atoms with van der Waals surface area (Å²) in [6, 6.07) is 0. The molecule has 230 valence electrons. The average molecular weight is 545 g/mol. The predicted molar refractivity (Wildman–Crippen MR) is 158 cm³/mol. The molecule has 0 aromatic heterocycles. The molecule has 0 aromatic rings. The Morgan fingerprint density at radius 1 is 0.395 bits per heavy atom. The van der Waals surface area contributed by atoms with Gasteiger partial charge in [0.15, 0.2) is 0 Å². The molecule has 0 aliphatic carbocycles. The topological polar surface area (TPSA) is 113 Å². The van der Waals surface area contributed by atoms with Gasteiger partial charge in [0.2, 0.25) is 0 Å². The third-order valence-corrected chi connectivity index (χ3v) is 6.86. The zero-order chi connectivity index (χ0) is 29.0. The van der Waals surface area contributed by atoms with Gasteiger partial charge in [-0.3, -0.25) is 0 Å². The number of rotatable bonds is 26. The van der Waals surface area contributed by atoms with Crippen LogP contribution in [0.25, 0.3) is 0 Å². The lowest BCUT2D eigenvalue weighted by Gasteiger charge is -2.02. The molecule has 0 aliphatic rings. The van der Waals surface area contributed by atoms with Crippen molar-refractivity contribution in [2.45, 2.75) is 168 Å². The van der Waals surface area contributed by atoms with Crippen LogP contribution in [0.2, 0.25) is 0 Å². The van der Waals surface area contributed by atoms with Crippen LogP contribution in [0.4, 0.5) is 0 Å². The van der Waals surface area contributed by atoms with Crippen molar-refractivity contribution in [3.05, 3.63) is 0 Å². The summed E-state index contributed by atoms with van der Waals surface area (Å²) in [4.78, 5) is 17.9. The van der Waals surface area contributed by atoms with Crippen molar-refractivity contribution in [3.8, 4) is 0 Å². The van der Waals surface area contributed by atoms with E-state index in [1.165, 1.54) is 167 Å². The first-order chi connectivity index (χ1) is 18.5. The Labute approximate surface area is 237 Å². The second-order valence-electron chi connectivity index (χ2n) is 10.7. The molecule has 0 saturated carbocycles. The zero-order valence-corrected chi connectivity index (χ0v) is 26.2. The van der Waals surface area contributed by atoms with Crippen LogP contribution in [0, 0.1) is 0 Å². The van der Waals surface area contributed by atoms with Crippen LogP contribution < -0.4 is 20.8 Å². The highest BCUT2D eigenvalue weighted by Gasteiger charge is 1.94. The van der Waals surface area contributed by atoms with Gasteiger partial charge in [-0.15, -0.1) is 0 Å². The summed E-state index contributed by atoms with van der Waals surface area (Å²) >= 11 is 0. The second kappa shape index (κ2) is 40.4. The summed E-state index contributed by atoms with van der Waals surface area (Å²) in [5.41, 5.74) is 0. The summed E-state index contributed by atoms with van der Waals surface area (Å²) in [5, 5.41) is 22.4. The van der Waals surface area contributed by atoms with Gasteiger partial charge >= 0.3 is 0 Å². The molecule has 0 bridgehead atoms. The minimum atomic E-state index is -2.19. The van der Waals surface area contributed by atoms with Crippen LogP contribution in [0.15, 0.2) is 0 Å². The van der Waals surface area contributed by atoms with Crippen molar-refractivity contribution in [1.29, 1.82) is 0 Å². The van der Waals surface area contributed by atoms with Gasteiger partial charge in [-0.05, 0) is 25.7 Å². The van der Waals surface area contributed by atoms with Gasteiger partial charge < -0.3 is 30.4 Å². The first kappa shape index (κ1) is 41.3. The average Bonchev–Trinajstić information content (AvgIpc) is 2.90. The van der Waals surface area contributed by atoms with Gasteiger partial charge in [0.05, 0.1) is 39.1 Å². The van der Waals surface area contributed by atoms with Gasteiger partial charge in [-0.25, -0.2) is 0 Å². The maximum absolute atomic E-state index is 8.93. The number of nitrogens with two attached hydrogens (primary N) is 2. The summed E-state index contributed by atoms with van der Waals surface area (Å²) in [5.74, 6) is -4.37. The molecule has 0 unspecified atom stereocenters. The molecule has 4 N–H and O–H groups in total. The number of aliphatic carboxylic acids is 2. The SMILES string of the molecule is CCCCCCCCCCCCCC[NH2+]C.CCCCCCCCCCCCCC[NH2+]C.O=C([O-])C(=O)[O-]. The van der Waals surface area contributed by atoms with Gasteiger partial charge in [-0.2, -0.15) is 0 Å². The maximum atomic E-state index is 8.93. The van der Waals surface area contributed by atoms with Crippen molar-refractivity contribution in [2.24, 2.45) is 0 Å². The quantitative estimate of drug-likeness (QED) is 0.125. The van der Waals surface area contributed by atoms with E-state index in [-0.39, 0.29) is 0 Å². The molecule has 0 aromatic carbocycles. The highest BCUT2D eigenvalue weighted by Crippen LogP contribution is 2.12. The standard InChI is InChI=1S/2C15H33N.C2H2O4/c2*1-3-4-5-6-7-8-9-10-11-12-13-14-15-16-2;3-1(4)2(5)6/h2*16H,3-15H2,1-2H3;(H,3,4)(H,5,6). The molecule has 0 spiro atoms. The molecule has 0 atom stereocenters.